The fraction of sp³-hybridized carbons (Fsp3) is 0.286. The minimum atomic E-state index is -1.60. The Balaban J connectivity index is 2.38. The Kier molecular flexibility index (Phi) is 2.15. The van der Waals surface area contributed by atoms with Gasteiger partial charge in [-0.25, -0.2) is 0 Å². The summed E-state index contributed by atoms with van der Waals surface area (Å²) in [6.07, 6.45) is 0. The summed E-state index contributed by atoms with van der Waals surface area (Å²) in [7, 11) is 0. The van der Waals surface area contributed by atoms with Crippen molar-refractivity contribution in [3.63, 3.8) is 0 Å². The van der Waals surface area contributed by atoms with Crippen LogP contribution in [-0.2, 0) is 0 Å². The molecule has 0 saturated carbocycles. The first-order valence-corrected chi connectivity index (χ1v) is 6.54. The van der Waals surface area contributed by atoms with Gasteiger partial charge in [0.15, 0.2) is 10.8 Å². The highest BCUT2D eigenvalue weighted by Gasteiger charge is 2.73. The minimum Gasteiger partial charge on any atom is -0.196 e. The first-order chi connectivity index (χ1) is 9.20. The van der Waals surface area contributed by atoms with Gasteiger partial charge in [0.25, 0.3) is 0 Å². The molecule has 2 bridgehead atoms. The number of thioether (sulfide) groups is 1. The molecule has 0 aromatic heterocycles. The van der Waals surface area contributed by atoms with Gasteiger partial charge in [0.2, 0.25) is 0 Å². The summed E-state index contributed by atoms with van der Waals surface area (Å²) in [5.41, 5.74) is -1.39. The van der Waals surface area contributed by atoms with E-state index in [2.05, 4.69) is 0 Å². The van der Waals surface area contributed by atoms with Crippen LogP contribution in [-0.4, -0.2) is 0 Å². The van der Waals surface area contributed by atoms with Crippen molar-refractivity contribution in [2.24, 2.45) is 10.8 Å². The highest BCUT2D eigenvalue weighted by atomic mass is 32.2. The van der Waals surface area contributed by atoms with Gasteiger partial charge in [-0.2, -0.15) is 21.0 Å². The van der Waals surface area contributed by atoms with E-state index >= 15 is 0 Å². The van der Waals surface area contributed by atoms with E-state index in [1.165, 1.54) is 11.8 Å². The Hall–Kier alpha value is -2.47. The zero-order valence-electron chi connectivity index (χ0n) is 9.66. The van der Waals surface area contributed by atoms with Gasteiger partial charge in [-0.05, 0) is 11.1 Å². The molecule has 5 heteroatoms. The maximum Gasteiger partial charge on any atom is 0.192 e. The monoisotopic (exact) mass is 262 g/mol. The molecule has 2 atom stereocenters. The summed E-state index contributed by atoms with van der Waals surface area (Å²) in [5, 5.41) is 37.0. The number of nitrogens with zero attached hydrogens (tertiary/aromatic N) is 4. The van der Waals surface area contributed by atoms with Crippen LogP contribution in [0.4, 0.5) is 0 Å². The van der Waals surface area contributed by atoms with E-state index in [-0.39, 0.29) is 0 Å². The Bertz CT molecular complexity index is 649. The van der Waals surface area contributed by atoms with Crippen molar-refractivity contribution in [2.45, 2.75) is 10.5 Å². The highest BCUT2D eigenvalue weighted by Crippen LogP contribution is 2.76. The van der Waals surface area contributed by atoms with Gasteiger partial charge in [-0.15, -0.1) is 11.8 Å². The summed E-state index contributed by atoms with van der Waals surface area (Å²) in [4.78, 5) is 0. The van der Waals surface area contributed by atoms with Crippen molar-refractivity contribution in [3.05, 3.63) is 35.4 Å². The summed E-state index contributed by atoms with van der Waals surface area (Å²) in [6, 6.07) is 15.3. The van der Waals surface area contributed by atoms with Gasteiger partial charge < -0.3 is 0 Å². The zero-order chi connectivity index (χ0) is 13.7. The third-order valence-electron chi connectivity index (χ3n) is 3.95. The predicted molar refractivity (Wildman–Crippen MR) is 66.8 cm³/mol. The van der Waals surface area contributed by atoms with Gasteiger partial charge in [-0.3, -0.25) is 0 Å². The van der Waals surface area contributed by atoms with Crippen molar-refractivity contribution in [2.75, 3.05) is 0 Å². The Morgan fingerprint density at radius 2 is 1.16 bits per heavy atom. The number of rotatable bonds is 0. The fourth-order valence-electron chi connectivity index (χ4n) is 2.99. The number of nitriles is 4. The van der Waals surface area contributed by atoms with E-state index in [1.54, 1.807) is 0 Å². The second-order valence-electron chi connectivity index (χ2n) is 4.59. The normalized spacial score (nSPS) is 27.4. The molecule has 88 valence electrons. The Morgan fingerprint density at radius 1 is 0.789 bits per heavy atom. The van der Waals surface area contributed by atoms with E-state index in [1.807, 2.05) is 48.5 Å². The summed E-state index contributed by atoms with van der Waals surface area (Å²) in [6.45, 7) is 0. The van der Waals surface area contributed by atoms with Crippen LogP contribution in [0.5, 0.6) is 0 Å². The fourth-order valence-corrected chi connectivity index (χ4v) is 4.98. The minimum absolute atomic E-state index is 0.428. The molecule has 1 fully saturated rings. The molecule has 1 saturated heterocycles. The van der Waals surface area contributed by atoms with E-state index in [4.69, 9.17) is 0 Å². The summed E-state index contributed by atoms with van der Waals surface area (Å²) >= 11 is 1.38. The molecule has 0 radical (unpaired) electrons. The zero-order valence-corrected chi connectivity index (χ0v) is 10.5. The Labute approximate surface area is 114 Å². The lowest BCUT2D eigenvalue weighted by atomic mass is 9.57. The van der Waals surface area contributed by atoms with Crippen molar-refractivity contribution in [3.8, 4) is 24.3 Å². The van der Waals surface area contributed by atoms with Crippen LogP contribution < -0.4 is 0 Å². The van der Waals surface area contributed by atoms with E-state index < -0.39 is 21.3 Å². The average molecular weight is 262 g/mol. The molecule has 4 nitrogen and oxygen atoms in total. The molecule has 0 spiro atoms. The molecule has 1 aromatic rings. The van der Waals surface area contributed by atoms with Gasteiger partial charge in [0.05, 0.1) is 34.8 Å². The SMILES string of the molecule is N#CC1(C#N)C2SC(c3ccccc32)C1(C#N)C#N. The van der Waals surface area contributed by atoms with Gasteiger partial charge >= 0.3 is 0 Å². The molecule has 0 N–H and O–H groups in total. The topological polar surface area (TPSA) is 95.2 Å². The summed E-state index contributed by atoms with van der Waals surface area (Å²) in [5.74, 6) is 0. The average Bonchev–Trinajstić information content (AvgIpc) is 2.99. The number of fused-ring (bicyclic) bond motifs is 5. The maximum atomic E-state index is 9.47. The van der Waals surface area contributed by atoms with Gasteiger partial charge in [0, 0.05) is 0 Å². The van der Waals surface area contributed by atoms with Crippen molar-refractivity contribution in [1.82, 2.24) is 0 Å². The standard InChI is InChI=1S/C14H6N4S/c15-5-13(6-16)11-9-3-1-2-4-10(9)12(19-11)14(13,7-17)8-18/h1-4,11-12H. The largest absolute Gasteiger partial charge is 0.196 e. The van der Waals surface area contributed by atoms with Gasteiger partial charge in [-0.1, -0.05) is 24.3 Å². The lowest BCUT2D eigenvalue weighted by Crippen LogP contribution is -2.42. The molecule has 2 aliphatic heterocycles. The van der Waals surface area contributed by atoms with E-state index in [0.29, 0.717) is 0 Å². The molecular weight excluding hydrogens is 256 g/mol. The summed E-state index contributed by atoms with van der Waals surface area (Å²) < 4.78 is 0. The van der Waals surface area contributed by atoms with Gasteiger partial charge in [0.1, 0.15) is 0 Å². The third-order valence-corrected chi connectivity index (χ3v) is 5.71. The van der Waals surface area contributed by atoms with E-state index in [0.717, 1.165) is 11.1 Å². The van der Waals surface area contributed by atoms with Crippen LogP contribution in [0.15, 0.2) is 24.3 Å². The lowest BCUT2D eigenvalue weighted by molar-refractivity contribution is 0.293. The number of benzene rings is 1. The smallest absolute Gasteiger partial charge is 0.192 e. The van der Waals surface area contributed by atoms with Crippen LogP contribution in [0.1, 0.15) is 21.6 Å². The molecule has 2 aliphatic rings. The van der Waals surface area contributed by atoms with Crippen LogP contribution >= 0.6 is 11.8 Å². The van der Waals surface area contributed by atoms with Crippen LogP contribution in [0.3, 0.4) is 0 Å². The molecule has 2 unspecified atom stereocenters. The maximum absolute atomic E-state index is 9.47. The van der Waals surface area contributed by atoms with E-state index in [9.17, 15) is 21.0 Å². The highest BCUT2D eigenvalue weighted by molar-refractivity contribution is 8.00. The number of hydrogen-bond donors (Lipinski definition) is 0. The molecule has 1 aromatic carbocycles. The van der Waals surface area contributed by atoms with Crippen molar-refractivity contribution in [1.29, 1.82) is 21.0 Å². The Morgan fingerprint density at radius 3 is 1.47 bits per heavy atom. The quantitative estimate of drug-likeness (QED) is 0.716. The molecule has 2 heterocycles. The first kappa shape index (κ1) is 11.6. The second-order valence-corrected chi connectivity index (χ2v) is 5.80. The van der Waals surface area contributed by atoms with Crippen LogP contribution in [0, 0.1) is 56.2 Å². The third kappa shape index (κ3) is 0.992. The molecule has 19 heavy (non-hydrogen) atoms. The number of hydrogen-bond acceptors (Lipinski definition) is 5. The molecule has 3 rings (SSSR count). The van der Waals surface area contributed by atoms with Crippen LogP contribution in [0.2, 0.25) is 0 Å². The second kappa shape index (κ2) is 3.52. The predicted octanol–water partition coefficient (Wildman–Crippen LogP) is 2.60. The first-order valence-electron chi connectivity index (χ1n) is 5.60. The molecular formula is C14H6N4S. The van der Waals surface area contributed by atoms with Crippen molar-refractivity contribution < 1.29 is 0 Å². The molecule has 0 aliphatic carbocycles. The van der Waals surface area contributed by atoms with Crippen molar-refractivity contribution >= 4 is 11.8 Å². The lowest BCUT2D eigenvalue weighted by Gasteiger charge is -2.34. The van der Waals surface area contributed by atoms with Crippen LogP contribution in [0.25, 0.3) is 0 Å². The molecule has 0 amide bonds.